The van der Waals surface area contributed by atoms with Crippen LogP contribution >= 0.6 is 0 Å². The Bertz CT molecular complexity index is 715. The molecule has 1 aromatic carbocycles. The minimum atomic E-state index is 0.0210. The number of likely N-dealkylation sites (tertiary alicyclic amines) is 1. The standard InChI is InChI=1S/C19H26N2O2/c1-5-13-12-21(19(13,6-2)7-3)18(22)16-11-14-15(20-16)9-8-10-17(14)23-4/h8-11,13,20H,5-7,12H2,1-4H3. The van der Waals surface area contributed by atoms with Crippen molar-refractivity contribution in [2.24, 2.45) is 5.92 Å². The highest BCUT2D eigenvalue weighted by molar-refractivity contribution is 6.00. The van der Waals surface area contributed by atoms with Crippen LogP contribution in [0.3, 0.4) is 0 Å². The number of nitrogens with zero attached hydrogens (tertiary/aromatic N) is 1. The molecule has 3 rings (SSSR count). The second kappa shape index (κ2) is 5.91. The van der Waals surface area contributed by atoms with Crippen LogP contribution in [0.2, 0.25) is 0 Å². The Morgan fingerprint density at radius 2 is 2.09 bits per heavy atom. The maximum atomic E-state index is 13.0. The number of rotatable bonds is 5. The molecule has 2 heterocycles. The number of carbonyl (C=O) groups is 1. The number of ether oxygens (including phenoxy) is 1. The van der Waals surface area contributed by atoms with E-state index in [1.807, 2.05) is 24.3 Å². The van der Waals surface area contributed by atoms with Crippen molar-refractivity contribution in [3.63, 3.8) is 0 Å². The van der Waals surface area contributed by atoms with Crippen molar-refractivity contribution in [1.82, 2.24) is 9.88 Å². The van der Waals surface area contributed by atoms with Crippen LogP contribution in [0.15, 0.2) is 24.3 Å². The SMILES string of the molecule is CCC1CN(C(=O)c2cc3c(OC)cccc3[nH]2)C1(CC)CC. The van der Waals surface area contributed by atoms with Crippen LogP contribution < -0.4 is 4.74 Å². The zero-order valence-electron chi connectivity index (χ0n) is 14.5. The van der Waals surface area contributed by atoms with Gasteiger partial charge in [0.05, 0.1) is 7.11 Å². The summed E-state index contributed by atoms with van der Waals surface area (Å²) in [6.07, 6.45) is 3.15. The van der Waals surface area contributed by atoms with Gasteiger partial charge in [-0.25, -0.2) is 0 Å². The average molecular weight is 314 g/mol. The lowest BCUT2D eigenvalue weighted by molar-refractivity contribution is -0.0636. The van der Waals surface area contributed by atoms with Gasteiger partial charge in [-0.2, -0.15) is 0 Å². The Morgan fingerprint density at radius 1 is 1.35 bits per heavy atom. The smallest absolute Gasteiger partial charge is 0.270 e. The molecule has 4 heteroatoms. The highest BCUT2D eigenvalue weighted by atomic mass is 16.5. The largest absolute Gasteiger partial charge is 0.496 e. The molecule has 0 spiro atoms. The summed E-state index contributed by atoms with van der Waals surface area (Å²) in [6.45, 7) is 7.48. The highest BCUT2D eigenvalue weighted by Crippen LogP contribution is 2.44. The zero-order valence-corrected chi connectivity index (χ0v) is 14.5. The Balaban J connectivity index is 1.95. The number of aromatic nitrogens is 1. The third-order valence-electron chi connectivity index (χ3n) is 5.74. The van der Waals surface area contributed by atoms with Crippen LogP contribution in [0.1, 0.15) is 50.5 Å². The van der Waals surface area contributed by atoms with Crippen molar-refractivity contribution in [1.29, 1.82) is 0 Å². The number of amides is 1. The molecular formula is C19H26N2O2. The number of benzene rings is 1. The Morgan fingerprint density at radius 3 is 2.70 bits per heavy atom. The van der Waals surface area contributed by atoms with E-state index in [1.54, 1.807) is 7.11 Å². The monoisotopic (exact) mass is 314 g/mol. The summed E-state index contributed by atoms with van der Waals surface area (Å²) in [4.78, 5) is 18.4. The predicted octanol–water partition coefficient (Wildman–Crippen LogP) is 4.22. The van der Waals surface area contributed by atoms with Crippen LogP contribution in [0.5, 0.6) is 5.75 Å². The molecule has 4 nitrogen and oxygen atoms in total. The summed E-state index contributed by atoms with van der Waals surface area (Å²) < 4.78 is 5.39. The Labute approximate surface area is 137 Å². The number of aromatic amines is 1. The van der Waals surface area contributed by atoms with Crippen LogP contribution in [0.25, 0.3) is 10.9 Å². The van der Waals surface area contributed by atoms with Crippen molar-refractivity contribution >= 4 is 16.8 Å². The van der Waals surface area contributed by atoms with E-state index >= 15 is 0 Å². The molecule has 1 N–H and O–H groups in total. The minimum absolute atomic E-state index is 0.0210. The van der Waals surface area contributed by atoms with Gasteiger partial charge in [0.15, 0.2) is 0 Å². The quantitative estimate of drug-likeness (QED) is 0.898. The number of H-pyrrole nitrogens is 1. The van der Waals surface area contributed by atoms with Crippen LogP contribution in [0, 0.1) is 5.92 Å². The molecule has 1 aromatic heterocycles. The maximum Gasteiger partial charge on any atom is 0.270 e. The number of methoxy groups -OCH3 is 1. The molecule has 0 radical (unpaired) electrons. The zero-order chi connectivity index (χ0) is 16.6. The second-order valence-electron chi connectivity index (χ2n) is 6.44. The maximum absolute atomic E-state index is 13.0. The van der Waals surface area contributed by atoms with E-state index in [2.05, 4.69) is 30.7 Å². The van der Waals surface area contributed by atoms with Crippen molar-refractivity contribution in [2.75, 3.05) is 13.7 Å². The normalized spacial score (nSPS) is 19.7. The lowest BCUT2D eigenvalue weighted by Gasteiger charge is -2.58. The molecule has 23 heavy (non-hydrogen) atoms. The molecule has 2 aromatic rings. The molecule has 0 aliphatic carbocycles. The van der Waals surface area contributed by atoms with E-state index in [0.717, 1.165) is 42.5 Å². The van der Waals surface area contributed by atoms with E-state index in [-0.39, 0.29) is 11.4 Å². The fourth-order valence-corrected chi connectivity index (χ4v) is 4.25. The molecule has 124 valence electrons. The fraction of sp³-hybridized carbons (Fsp3) is 0.526. The summed E-state index contributed by atoms with van der Waals surface area (Å²) in [5, 5.41) is 0.963. The number of hydrogen-bond donors (Lipinski definition) is 1. The van der Waals surface area contributed by atoms with Gasteiger partial charge in [0.25, 0.3) is 5.91 Å². The van der Waals surface area contributed by atoms with Gasteiger partial charge in [-0.3, -0.25) is 4.79 Å². The molecule has 0 bridgehead atoms. The van der Waals surface area contributed by atoms with E-state index < -0.39 is 0 Å². The molecule has 1 atom stereocenters. The molecule has 0 saturated carbocycles. The number of hydrogen-bond acceptors (Lipinski definition) is 2. The molecule has 1 unspecified atom stereocenters. The first-order valence-electron chi connectivity index (χ1n) is 8.58. The van der Waals surface area contributed by atoms with E-state index in [4.69, 9.17) is 4.74 Å². The first-order chi connectivity index (χ1) is 11.1. The number of carbonyl (C=O) groups excluding carboxylic acids is 1. The van der Waals surface area contributed by atoms with Gasteiger partial charge in [0.1, 0.15) is 11.4 Å². The third-order valence-corrected chi connectivity index (χ3v) is 5.74. The number of nitrogens with one attached hydrogen (secondary N) is 1. The molecular weight excluding hydrogens is 288 g/mol. The first-order valence-corrected chi connectivity index (χ1v) is 8.58. The lowest BCUT2D eigenvalue weighted by atomic mass is 9.69. The van der Waals surface area contributed by atoms with Crippen molar-refractivity contribution in [3.8, 4) is 5.75 Å². The average Bonchev–Trinajstić information content (AvgIpc) is 2.99. The van der Waals surface area contributed by atoms with E-state index in [0.29, 0.717) is 11.6 Å². The van der Waals surface area contributed by atoms with Gasteiger partial charge in [0, 0.05) is 23.0 Å². The van der Waals surface area contributed by atoms with Crippen LogP contribution in [0.4, 0.5) is 0 Å². The topological polar surface area (TPSA) is 45.3 Å². The molecule has 1 saturated heterocycles. The second-order valence-corrected chi connectivity index (χ2v) is 6.44. The molecule has 1 fully saturated rings. The van der Waals surface area contributed by atoms with Crippen LogP contribution in [-0.4, -0.2) is 35.0 Å². The molecule has 1 aliphatic heterocycles. The van der Waals surface area contributed by atoms with Crippen molar-refractivity contribution in [2.45, 2.75) is 45.6 Å². The summed E-state index contributed by atoms with van der Waals surface area (Å²) in [7, 11) is 1.66. The van der Waals surface area contributed by atoms with E-state index in [1.165, 1.54) is 0 Å². The predicted molar refractivity (Wildman–Crippen MR) is 93.0 cm³/mol. The van der Waals surface area contributed by atoms with Gasteiger partial charge >= 0.3 is 0 Å². The highest BCUT2D eigenvalue weighted by Gasteiger charge is 2.52. The summed E-state index contributed by atoms with van der Waals surface area (Å²) in [6, 6.07) is 7.76. The molecule has 1 amide bonds. The lowest BCUT2D eigenvalue weighted by Crippen LogP contribution is -2.68. The molecule has 1 aliphatic rings. The number of fused-ring (bicyclic) bond motifs is 1. The van der Waals surface area contributed by atoms with Gasteiger partial charge in [0.2, 0.25) is 0 Å². The van der Waals surface area contributed by atoms with Gasteiger partial charge in [-0.05, 0) is 43.4 Å². The minimum Gasteiger partial charge on any atom is -0.496 e. The van der Waals surface area contributed by atoms with Gasteiger partial charge in [-0.15, -0.1) is 0 Å². The summed E-state index contributed by atoms with van der Waals surface area (Å²) in [5.41, 5.74) is 1.62. The van der Waals surface area contributed by atoms with E-state index in [9.17, 15) is 4.79 Å². The van der Waals surface area contributed by atoms with Gasteiger partial charge in [-0.1, -0.05) is 26.8 Å². The van der Waals surface area contributed by atoms with Gasteiger partial charge < -0.3 is 14.6 Å². The van der Waals surface area contributed by atoms with Crippen molar-refractivity contribution in [3.05, 3.63) is 30.0 Å². The summed E-state index contributed by atoms with van der Waals surface area (Å²) >= 11 is 0. The summed E-state index contributed by atoms with van der Waals surface area (Å²) in [5.74, 6) is 1.52. The van der Waals surface area contributed by atoms with Crippen LogP contribution in [-0.2, 0) is 0 Å². The Hall–Kier alpha value is -1.97. The first kappa shape index (κ1) is 15.9. The third kappa shape index (κ3) is 2.23. The van der Waals surface area contributed by atoms with Crippen molar-refractivity contribution < 1.29 is 9.53 Å². The fourth-order valence-electron chi connectivity index (χ4n) is 4.25. The Kier molecular flexibility index (Phi) is 4.09.